The molecule has 0 amide bonds. The van der Waals surface area contributed by atoms with Gasteiger partial charge in [0.1, 0.15) is 0 Å². The number of hydrogen-bond acceptors (Lipinski definition) is 3. The highest BCUT2D eigenvalue weighted by molar-refractivity contribution is 5.73. The van der Waals surface area contributed by atoms with Gasteiger partial charge in [-0.1, -0.05) is 0 Å². The van der Waals surface area contributed by atoms with Crippen LogP contribution in [0, 0.1) is 5.41 Å². The highest BCUT2D eigenvalue weighted by Crippen LogP contribution is 2.19. The summed E-state index contributed by atoms with van der Waals surface area (Å²) in [5.41, 5.74) is 0.451. The molecule has 0 atom stereocenters. The van der Waals surface area contributed by atoms with E-state index in [1.54, 1.807) is 13.8 Å². The Morgan fingerprint density at radius 1 is 1.56 bits per heavy atom. The van der Waals surface area contributed by atoms with Crippen LogP contribution < -0.4 is 5.32 Å². The normalized spacial score (nSPS) is 12.1. The first-order chi connectivity index (χ1) is 8.33. The number of carboxylic acids is 1. The molecule has 102 valence electrons. The first-order valence-electron chi connectivity index (χ1n) is 6.30. The van der Waals surface area contributed by atoms with Gasteiger partial charge in [0.05, 0.1) is 11.6 Å². The third kappa shape index (κ3) is 4.14. The minimum Gasteiger partial charge on any atom is -0.481 e. The molecule has 1 aromatic heterocycles. The van der Waals surface area contributed by atoms with E-state index >= 15 is 0 Å². The van der Waals surface area contributed by atoms with Crippen LogP contribution in [0.2, 0.25) is 0 Å². The Kier molecular flexibility index (Phi) is 4.90. The molecule has 5 nitrogen and oxygen atoms in total. The van der Waals surface area contributed by atoms with Crippen LogP contribution in [0.4, 0.5) is 0 Å². The van der Waals surface area contributed by atoms with E-state index in [-0.39, 0.29) is 0 Å². The molecule has 0 aromatic carbocycles. The van der Waals surface area contributed by atoms with Crippen molar-refractivity contribution in [1.82, 2.24) is 15.1 Å². The zero-order valence-corrected chi connectivity index (χ0v) is 11.6. The maximum atomic E-state index is 10.9. The molecule has 18 heavy (non-hydrogen) atoms. The monoisotopic (exact) mass is 253 g/mol. The van der Waals surface area contributed by atoms with Crippen LogP contribution in [0.25, 0.3) is 0 Å². The Hall–Kier alpha value is -1.36. The molecule has 0 fully saturated rings. The van der Waals surface area contributed by atoms with E-state index in [2.05, 4.69) is 24.3 Å². The lowest BCUT2D eigenvalue weighted by atomic mass is 9.90. The summed E-state index contributed by atoms with van der Waals surface area (Å²) in [7, 11) is 0. The van der Waals surface area contributed by atoms with Crippen LogP contribution in [-0.4, -0.2) is 27.4 Å². The smallest absolute Gasteiger partial charge is 0.309 e. The van der Waals surface area contributed by atoms with Gasteiger partial charge in [-0.15, -0.1) is 0 Å². The van der Waals surface area contributed by atoms with Crippen molar-refractivity contribution in [3.63, 3.8) is 0 Å². The summed E-state index contributed by atoms with van der Waals surface area (Å²) in [6.45, 7) is 9.06. The van der Waals surface area contributed by atoms with Crippen molar-refractivity contribution in [2.45, 2.75) is 46.7 Å². The molecule has 0 bridgehead atoms. The number of carbonyl (C=O) groups is 1. The predicted molar refractivity (Wildman–Crippen MR) is 70.4 cm³/mol. The SMILES string of the molecule is CC(C)n1cc(CNCCC(C)(C)C(=O)O)cn1. The zero-order chi connectivity index (χ0) is 13.8. The third-order valence-electron chi connectivity index (χ3n) is 3.02. The van der Waals surface area contributed by atoms with Crippen LogP contribution in [0.3, 0.4) is 0 Å². The van der Waals surface area contributed by atoms with Crippen LogP contribution in [0.1, 0.15) is 45.7 Å². The predicted octanol–water partition coefficient (Wildman–Crippen LogP) is 2.05. The maximum Gasteiger partial charge on any atom is 0.309 e. The highest BCUT2D eigenvalue weighted by Gasteiger charge is 2.25. The second-order valence-corrected chi connectivity index (χ2v) is 5.54. The molecule has 1 heterocycles. The van der Waals surface area contributed by atoms with Crippen molar-refractivity contribution in [3.05, 3.63) is 18.0 Å². The first kappa shape index (κ1) is 14.7. The molecule has 2 N–H and O–H groups in total. The average Bonchev–Trinajstić information content (AvgIpc) is 2.73. The lowest BCUT2D eigenvalue weighted by Crippen LogP contribution is -2.28. The van der Waals surface area contributed by atoms with Gasteiger partial charge in [-0.3, -0.25) is 9.48 Å². The number of rotatable bonds is 7. The molecular formula is C13H23N3O2. The fraction of sp³-hybridized carbons (Fsp3) is 0.692. The van der Waals surface area contributed by atoms with E-state index in [1.165, 1.54) is 0 Å². The topological polar surface area (TPSA) is 67.2 Å². The molecule has 0 saturated carbocycles. The minimum absolute atomic E-state index is 0.365. The number of carboxylic acid groups (broad SMARTS) is 1. The van der Waals surface area contributed by atoms with Gasteiger partial charge in [0.15, 0.2) is 0 Å². The number of nitrogens with zero attached hydrogens (tertiary/aromatic N) is 2. The summed E-state index contributed by atoms with van der Waals surface area (Å²) in [5, 5.41) is 16.5. The van der Waals surface area contributed by atoms with Gasteiger partial charge >= 0.3 is 5.97 Å². The van der Waals surface area contributed by atoms with E-state index in [0.717, 1.165) is 12.1 Å². The Balaban J connectivity index is 2.31. The number of nitrogens with one attached hydrogen (secondary N) is 1. The van der Waals surface area contributed by atoms with Crippen LogP contribution in [0.15, 0.2) is 12.4 Å². The molecule has 0 saturated heterocycles. The van der Waals surface area contributed by atoms with E-state index in [4.69, 9.17) is 5.11 Å². The minimum atomic E-state index is -0.753. The summed E-state index contributed by atoms with van der Waals surface area (Å²) in [4.78, 5) is 10.9. The Labute approximate surface area is 108 Å². The summed E-state index contributed by atoms with van der Waals surface area (Å²) in [6, 6.07) is 0.365. The average molecular weight is 253 g/mol. The largest absolute Gasteiger partial charge is 0.481 e. The van der Waals surface area contributed by atoms with Gasteiger partial charge < -0.3 is 10.4 Å². The standard InChI is InChI=1S/C13H23N3O2/c1-10(2)16-9-11(8-15-16)7-14-6-5-13(3,4)12(17)18/h8-10,14H,5-7H2,1-4H3,(H,17,18). The van der Waals surface area contributed by atoms with Gasteiger partial charge in [-0.2, -0.15) is 5.10 Å². The second kappa shape index (κ2) is 6.00. The Morgan fingerprint density at radius 3 is 2.72 bits per heavy atom. The zero-order valence-electron chi connectivity index (χ0n) is 11.6. The van der Waals surface area contributed by atoms with Crippen molar-refractivity contribution in [2.24, 2.45) is 5.41 Å². The van der Waals surface area contributed by atoms with Crippen molar-refractivity contribution in [1.29, 1.82) is 0 Å². The number of hydrogen-bond donors (Lipinski definition) is 2. The molecule has 1 rings (SSSR count). The summed E-state index contributed by atoms with van der Waals surface area (Å²) in [5.74, 6) is -0.753. The highest BCUT2D eigenvalue weighted by atomic mass is 16.4. The van der Waals surface area contributed by atoms with Crippen molar-refractivity contribution in [3.8, 4) is 0 Å². The van der Waals surface area contributed by atoms with Crippen LogP contribution in [0.5, 0.6) is 0 Å². The lowest BCUT2D eigenvalue weighted by molar-refractivity contribution is -0.147. The maximum absolute atomic E-state index is 10.9. The van der Waals surface area contributed by atoms with Crippen LogP contribution >= 0.6 is 0 Å². The van der Waals surface area contributed by atoms with E-state index in [1.807, 2.05) is 17.1 Å². The molecule has 0 aliphatic carbocycles. The molecule has 0 aliphatic heterocycles. The fourth-order valence-electron chi connectivity index (χ4n) is 1.49. The quantitative estimate of drug-likeness (QED) is 0.730. The van der Waals surface area contributed by atoms with Crippen LogP contribution in [-0.2, 0) is 11.3 Å². The van der Waals surface area contributed by atoms with Gasteiger partial charge in [0, 0.05) is 24.3 Å². The fourth-order valence-corrected chi connectivity index (χ4v) is 1.49. The van der Waals surface area contributed by atoms with Crippen molar-refractivity contribution in [2.75, 3.05) is 6.54 Å². The van der Waals surface area contributed by atoms with Crippen molar-refractivity contribution < 1.29 is 9.90 Å². The summed E-state index contributed by atoms with van der Waals surface area (Å²) >= 11 is 0. The number of aromatic nitrogens is 2. The van der Waals surface area contributed by atoms with Gasteiger partial charge in [-0.05, 0) is 40.7 Å². The summed E-state index contributed by atoms with van der Waals surface area (Å²) in [6.07, 6.45) is 4.47. The molecule has 0 radical (unpaired) electrons. The molecule has 1 aromatic rings. The summed E-state index contributed by atoms with van der Waals surface area (Å²) < 4.78 is 1.91. The van der Waals surface area contributed by atoms with Gasteiger partial charge in [0.2, 0.25) is 0 Å². The Morgan fingerprint density at radius 2 is 2.22 bits per heavy atom. The molecular weight excluding hydrogens is 230 g/mol. The second-order valence-electron chi connectivity index (χ2n) is 5.54. The van der Waals surface area contributed by atoms with E-state index < -0.39 is 11.4 Å². The molecule has 0 unspecified atom stereocenters. The third-order valence-corrected chi connectivity index (χ3v) is 3.02. The van der Waals surface area contributed by atoms with E-state index in [0.29, 0.717) is 19.0 Å². The molecule has 5 heteroatoms. The van der Waals surface area contributed by atoms with Crippen molar-refractivity contribution >= 4 is 5.97 Å². The molecule has 0 aliphatic rings. The van der Waals surface area contributed by atoms with E-state index in [9.17, 15) is 4.79 Å². The van der Waals surface area contributed by atoms with Gasteiger partial charge in [-0.25, -0.2) is 0 Å². The first-order valence-corrected chi connectivity index (χ1v) is 6.30. The number of aliphatic carboxylic acids is 1. The molecule has 0 spiro atoms. The Bertz CT molecular complexity index is 397. The van der Waals surface area contributed by atoms with Gasteiger partial charge in [0.25, 0.3) is 0 Å². The lowest BCUT2D eigenvalue weighted by Gasteiger charge is -2.18.